The number of nitrogens with zero attached hydrogens (tertiary/aromatic N) is 1. The molecule has 1 aliphatic carbocycles. The molecule has 0 radical (unpaired) electrons. The predicted molar refractivity (Wildman–Crippen MR) is 82.8 cm³/mol. The van der Waals surface area contributed by atoms with Gasteiger partial charge in [-0.3, -0.25) is 9.89 Å². The van der Waals surface area contributed by atoms with Gasteiger partial charge in [-0.2, -0.15) is 5.10 Å². The molecule has 2 N–H and O–H groups in total. The van der Waals surface area contributed by atoms with Crippen molar-refractivity contribution in [1.29, 1.82) is 0 Å². The normalized spacial score (nSPS) is 17.2. The van der Waals surface area contributed by atoms with Crippen LogP contribution in [0.3, 0.4) is 0 Å². The van der Waals surface area contributed by atoms with Gasteiger partial charge in [0.25, 0.3) is 5.91 Å². The molecule has 118 valence electrons. The van der Waals surface area contributed by atoms with Crippen molar-refractivity contribution < 1.29 is 13.6 Å². The first-order valence-electron chi connectivity index (χ1n) is 7.63. The van der Waals surface area contributed by atoms with E-state index in [9.17, 15) is 9.18 Å². The van der Waals surface area contributed by atoms with Gasteiger partial charge in [0, 0.05) is 22.7 Å². The summed E-state index contributed by atoms with van der Waals surface area (Å²) in [6.07, 6.45) is 4.24. The third kappa shape index (κ3) is 2.30. The molecular weight excluding hydrogens is 297 g/mol. The highest BCUT2D eigenvalue weighted by Crippen LogP contribution is 2.27. The van der Waals surface area contributed by atoms with Gasteiger partial charge in [0.2, 0.25) is 0 Å². The monoisotopic (exact) mass is 313 g/mol. The number of para-hydroxylation sites is 1. The zero-order valence-corrected chi connectivity index (χ0v) is 12.6. The number of furan rings is 1. The van der Waals surface area contributed by atoms with E-state index in [0.717, 1.165) is 30.5 Å². The summed E-state index contributed by atoms with van der Waals surface area (Å²) in [5.74, 6) is -0.566. The molecule has 0 aliphatic heterocycles. The number of carbonyl (C=O) groups excluding carboxylic acids is 1. The molecule has 23 heavy (non-hydrogen) atoms. The van der Waals surface area contributed by atoms with Crippen LogP contribution in [0.4, 0.5) is 4.39 Å². The Labute approximate surface area is 131 Å². The largest absolute Gasteiger partial charge is 0.448 e. The maximum absolute atomic E-state index is 13.8. The van der Waals surface area contributed by atoms with Crippen LogP contribution in [0.1, 0.15) is 33.8 Å². The lowest BCUT2D eigenvalue weighted by molar-refractivity contribution is 0.0906. The second kappa shape index (κ2) is 5.22. The number of aromatic nitrogens is 2. The van der Waals surface area contributed by atoms with Crippen LogP contribution in [0.25, 0.3) is 11.0 Å². The lowest BCUT2D eigenvalue weighted by atomic mass is 9.93. The Hall–Kier alpha value is -2.63. The molecule has 0 saturated carbocycles. The topological polar surface area (TPSA) is 70.9 Å². The lowest BCUT2D eigenvalue weighted by Gasteiger charge is -2.22. The number of hydrogen-bond donors (Lipinski definition) is 2. The van der Waals surface area contributed by atoms with Crippen LogP contribution in [0.2, 0.25) is 0 Å². The number of amides is 1. The number of hydrogen-bond acceptors (Lipinski definition) is 3. The molecule has 2 aromatic heterocycles. The molecule has 1 amide bonds. The molecule has 1 atom stereocenters. The Kier molecular flexibility index (Phi) is 3.18. The summed E-state index contributed by atoms with van der Waals surface area (Å²) in [5.41, 5.74) is 3.07. The van der Waals surface area contributed by atoms with Crippen LogP contribution in [-0.2, 0) is 12.8 Å². The van der Waals surface area contributed by atoms with Crippen LogP contribution in [0.15, 0.2) is 28.8 Å². The Morgan fingerprint density at radius 3 is 3.17 bits per heavy atom. The molecule has 1 aromatic carbocycles. The van der Waals surface area contributed by atoms with E-state index in [2.05, 4.69) is 15.5 Å². The second-order valence-corrected chi connectivity index (χ2v) is 5.96. The number of fused-ring (bicyclic) bond motifs is 2. The number of carbonyl (C=O) groups is 1. The molecule has 0 fully saturated rings. The summed E-state index contributed by atoms with van der Waals surface area (Å²) in [6, 6.07) is 4.73. The van der Waals surface area contributed by atoms with Crippen molar-refractivity contribution in [2.45, 2.75) is 32.2 Å². The highest BCUT2D eigenvalue weighted by Gasteiger charge is 2.25. The maximum atomic E-state index is 13.8. The number of aromatic amines is 1. The first kappa shape index (κ1) is 14.0. The minimum atomic E-state index is -0.453. The van der Waals surface area contributed by atoms with Crippen LogP contribution >= 0.6 is 0 Å². The van der Waals surface area contributed by atoms with Crippen molar-refractivity contribution >= 4 is 16.9 Å². The van der Waals surface area contributed by atoms with E-state index in [1.54, 1.807) is 25.3 Å². The minimum absolute atomic E-state index is 0.0325. The van der Waals surface area contributed by atoms with Gasteiger partial charge in [0.05, 0.1) is 6.20 Å². The van der Waals surface area contributed by atoms with Crippen LogP contribution < -0.4 is 5.32 Å². The van der Waals surface area contributed by atoms with Gasteiger partial charge in [-0.1, -0.05) is 12.1 Å². The molecule has 3 aromatic rings. The van der Waals surface area contributed by atoms with Crippen molar-refractivity contribution in [2.75, 3.05) is 0 Å². The molecule has 1 unspecified atom stereocenters. The van der Waals surface area contributed by atoms with Gasteiger partial charge in [0.1, 0.15) is 0 Å². The van der Waals surface area contributed by atoms with Crippen molar-refractivity contribution in [1.82, 2.24) is 15.5 Å². The van der Waals surface area contributed by atoms with Crippen LogP contribution in [0.5, 0.6) is 0 Å². The minimum Gasteiger partial charge on any atom is -0.448 e. The highest BCUT2D eigenvalue weighted by atomic mass is 19.1. The van der Waals surface area contributed by atoms with Gasteiger partial charge < -0.3 is 9.73 Å². The first-order chi connectivity index (χ1) is 11.1. The molecular formula is C17H16FN3O2. The fourth-order valence-electron chi connectivity index (χ4n) is 3.22. The van der Waals surface area contributed by atoms with E-state index in [1.165, 1.54) is 6.07 Å². The van der Waals surface area contributed by atoms with E-state index >= 15 is 0 Å². The van der Waals surface area contributed by atoms with Crippen molar-refractivity contribution in [3.8, 4) is 0 Å². The standard InChI is InChI=1S/C17H16FN3O2/c1-9-12-3-2-4-13(18)16(12)23-15(9)17(22)20-11-5-6-14-10(7-11)8-19-21-14/h2-4,8,11H,5-7H2,1H3,(H,19,21)(H,20,22). The molecule has 5 nitrogen and oxygen atoms in total. The van der Waals surface area contributed by atoms with E-state index in [1.807, 2.05) is 0 Å². The predicted octanol–water partition coefficient (Wildman–Crippen LogP) is 2.89. The van der Waals surface area contributed by atoms with Gasteiger partial charge in [-0.05, 0) is 37.8 Å². The van der Waals surface area contributed by atoms with Crippen LogP contribution in [-0.4, -0.2) is 22.1 Å². The van der Waals surface area contributed by atoms with Crippen molar-refractivity contribution in [3.05, 3.63) is 52.8 Å². The summed E-state index contributed by atoms with van der Waals surface area (Å²) >= 11 is 0. The van der Waals surface area contributed by atoms with E-state index in [0.29, 0.717) is 10.9 Å². The molecule has 0 saturated heterocycles. The summed E-state index contributed by atoms with van der Waals surface area (Å²) in [6.45, 7) is 1.77. The van der Waals surface area contributed by atoms with E-state index < -0.39 is 5.82 Å². The Morgan fingerprint density at radius 2 is 2.35 bits per heavy atom. The Balaban J connectivity index is 1.58. The number of rotatable bonds is 2. The van der Waals surface area contributed by atoms with E-state index in [-0.39, 0.29) is 23.3 Å². The fourth-order valence-corrected chi connectivity index (χ4v) is 3.22. The number of nitrogens with one attached hydrogen (secondary N) is 2. The van der Waals surface area contributed by atoms with E-state index in [4.69, 9.17) is 4.42 Å². The SMILES string of the molecule is Cc1c(C(=O)NC2CCc3[nH]ncc3C2)oc2c(F)cccc12. The van der Waals surface area contributed by atoms with Crippen LogP contribution in [0, 0.1) is 12.7 Å². The molecule has 0 bridgehead atoms. The molecule has 1 aliphatic rings. The average molecular weight is 313 g/mol. The fraction of sp³-hybridized carbons (Fsp3) is 0.294. The third-order valence-electron chi connectivity index (χ3n) is 4.47. The zero-order chi connectivity index (χ0) is 16.0. The highest BCUT2D eigenvalue weighted by molar-refractivity contribution is 5.99. The second-order valence-electron chi connectivity index (χ2n) is 5.96. The first-order valence-corrected chi connectivity index (χ1v) is 7.63. The average Bonchev–Trinajstić information content (AvgIpc) is 3.13. The molecule has 6 heteroatoms. The summed E-state index contributed by atoms with van der Waals surface area (Å²) in [4.78, 5) is 12.5. The van der Waals surface area contributed by atoms with Crippen molar-refractivity contribution in [3.63, 3.8) is 0 Å². The number of H-pyrrole nitrogens is 1. The third-order valence-corrected chi connectivity index (χ3v) is 4.47. The number of benzene rings is 1. The van der Waals surface area contributed by atoms with Gasteiger partial charge in [-0.25, -0.2) is 4.39 Å². The smallest absolute Gasteiger partial charge is 0.287 e. The van der Waals surface area contributed by atoms with Crippen molar-refractivity contribution in [2.24, 2.45) is 0 Å². The summed E-state index contributed by atoms with van der Waals surface area (Å²) < 4.78 is 19.3. The quantitative estimate of drug-likeness (QED) is 0.764. The van der Waals surface area contributed by atoms with Gasteiger partial charge in [0.15, 0.2) is 17.2 Å². The summed E-state index contributed by atoms with van der Waals surface area (Å²) in [7, 11) is 0. The molecule has 0 spiro atoms. The Morgan fingerprint density at radius 1 is 1.48 bits per heavy atom. The number of halogens is 1. The van der Waals surface area contributed by atoms with Gasteiger partial charge in [-0.15, -0.1) is 0 Å². The lowest BCUT2D eigenvalue weighted by Crippen LogP contribution is -2.38. The zero-order valence-electron chi connectivity index (χ0n) is 12.6. The maximum Gasteiger partial charge on any atom is 0.287 e. The summed E-state index contributed by atoms with van der Waals surface area (Å²) in [5, 5.41) is 10.6. The molecule has 2 heterocycles. The Bertz CT molecular complexity index is 897. The van der Waals surface area contributed by atoms with Gasteiger partial charge >= 0.3 is 0 Å². The molecule has 4 rings (SSSR count). The number of aryl methyl sites for hydroxylation is 2.